The maximum atomic E-state index is 12.3. The Kier molecular flexibility index (Phi) is 6.64. The number of hydrogen-bond acceptors (Lipinski definition) is 4. The van der Waals surface area contributed by atoms with Gasteiger partial charge >= 0.3 is 12.0 Å². The van der Waals surface area contributed by atoms with Gasteiger partial charge in [0.15, 0.2) is 0 Å². The highest BCUT2D eigenvalue weighted by Crippen LogP contribution is 2.28. The molecule has 0 bridgehead atoms. The molecule has 2 amide bonds. The van der Waals surface area contributed by atoms with Gasteiger partial charge in [0.2, 0.25) is 0 Å². The van der Waals surface area contributed by atoms with Gasteiger partial charge in [0.1, 0.15) is 11.9 Å². The van der Waals surface area contributed by atoms with E-state index in [1.54, 1.807) is 7.11 Å². The molecule has 1 heterocycles. The molecule has 0 saturated carbocycles. The molecule has 2 atom stereocenters. The number of ether oxygens (including phenoxy) is 2. The smallest absolute Gasteiger partial charge is 0.317 e. The van der Waals surface area contributed by atoms with Crippen LogP contribution in [-0.4, -0.2) is 54.9 Å². The van der Waals surface area contributed by atoms with E-state index < -0.39 is 11.9 Å². The normalized spacial score (nSPS) is 18.2. The number of benzene rings is 1. The summed E-state index contributed by atoms with van der Waals surface area (Å²) in [5.41, 5.74) is 0.865. The van der Waals surface area contributed by atoms with Gasteiger partial charge in [0.25, 0.3) is 0 Å². The van der Waals surface area contributed by atoms with Crippen LogP contribution >= 0.6 is 0 Å². The SMILES string of the molecule is COc1ccccc1C(CNC(=O)N1CCC(C(=O)O)C1)OC(C)C. The van der Waals surface area contributed by atoms with Crippen LogP contribution in [0.15, 0.2) is 24.3 Å². The Hall–Kier alpha value is -2.28. The van der Waals surface area contributed by atoms with Gasteiger partial charge in [-0.25, -0.2) is 4.79 Å². The highest BCUT2D eigenvalue weighted by molar-refractivity contribution is 5.77. The second-order valence-corrected chi connectivity index (χ2v) is 6.37. The first-order chi connectivity index (χ1) is 11.9. The van der Waals surface area contributed by atoms with Crippen molar-refractivity contribution in [2.75, 3.05) is 26.7 Å². The molecule has 1 aromatic carbocycles. The van der Waals surface area contributed by atoms with Crippen molar-refractivity contribution in [3.63, 3.8) is 0 Å². The number of urea groups is 1. The molecule has 138 valence electrons. The number of nitrogens with one attached hydrogen (secondary N) is 1. The maximum absolute atomic E-state index is 12.3. The molecule has 2 unspecified atom stereocenters. The third-order valence-electron chi connectivity index (χ3n) is 4.19. The maximum Gasteiger partial charge on any atom is 0.317 e. The first kappa shape index (κ1) is 19.1. The van der Waals surface area contributed by atoms with Gasteiger partial charge in [0, 0.05) is 25.2 Å². The number of likely N-dealkylation sites (tertiary alicyclic amines) is 1. The largest absolute Gasteiger partial charge is 0.496 e. The van der Waals surface area contributed by atoms with Crippen LogP contribution in [0.2, 0.25) is 0 Å². The van der Waals surface area contributed by atoms with Crippen LogP contribution < -0.4 is 10.1 Å². The average molecular weight is 350 g/mol. The molecule has 0 radical (unpaired) electrons. The second kappa shape index (κ2) is 8.71. The Morgan fingerprint density at radius 3 is 2.68 bits per heavy atom. The number of aliphatic carboxylic acids is 1. The molecule has 7 heteroatoms. The molecule has 1 aromatic rings. The fraction of sp³-hybridized carbons (Fsp3) is 0.556. The molecule has 25 heavy (non-hydrogen) atoms. The Bertz CT molecular complexity index is 605. The van der Waals surface area contributed by atoms with Gasteiger partial charge in [-0.2, -0.15) is 0 Å². The summed E-state index contributed by atoms with van der Waals surface area (Å²) in [6.45, 7) is 4.84. The van der Waals surface area contributed by atoms with Crippen molar-refractivity contribution in [2.45, 2.75) is 32.5 Å². The number of para-hydroxylation sites is 1. The molecule has 0 aromatic heterocycles. The Morgan fingerprint density at radius 1 is 1.36 bits per heavy atom. The average Bonchev–Trinajstić information content (AvgIpc) is 3.08. The zero-order chi connectivity index (χ0) is 18.4. The number of carboxylic acids is 1. The Labute approximate surface area is 147 Å². The molecule has 2 N–H and O–H groups in total. The monoisotopic (exact) mass is 350 g/mol. The lowest BCUT2D eigenvalue weighted by Gasteiger charge is -2.24. The molecule has 7 nitrogen and oxygen atoms in total. The first-order valence-corrected chi connectivity index (χ1v) is 8.46. The minimum Gasteiger partial charge on any atom is -0.496 e. The van der Waals surface area contributed by atoms with Crippen molar-refractivity contribution in [1.82, 2.24) is 10.2 Å². The van der Waals surface area contributed by atoms with E-state index in [4.69, 9.17) is 14.6 Å². The summed E-state index contributed by atoms with van der Waals surface area (Å²) >= 11 is 0. The number of carbonyl (C=O) groups excluding carboxylic acids is 1. The molecular weight excluding hydrogens is 324 g/mol. The van der Waals surface area contributed by atoms with Crippen molar-refractivity contribution < 1.29 is 24.2 Å². The van der Waals surface area contributed by atoms with Crippen LogP contribution in [0.4, 0.5) is 4.79 Å². The van der Waals surface area contributed by atoms with E-state index in [2.05, 4.69) is 5.32 Å². The topological polar surface area (TPSA) is 88.1 Å². The number of rotatable bonds is 7. The Morgan fingerprint density at radius 2 is 2.08 bits per heavy atom. The van der Waals surface area contributed by atoms with Gasteiger partial charge in [-0.15, -0.1) is 0 Å². The van der Waals surface area contributed by atoms with E-state index in [0.717, 1.165) is 5.56 Å². The molecule has 1 fully saturated rings. The van der Waals surface area contributed by atoms with Crippen molar-refractivity contribution in [3.05, 3.63) is 29.8 Å². The minimum absolute atomic E-state index is 0.0185. The van der Waals surface area contributed by atoms with Gasteiger partial charge < -0.3 is 24.8 Å². The lowest BCUT2D eigenvalue weighted by molar-refractivity contribution is -0.141. The number of hydrogen-bond donors (Lipinski definition) is 2. The van der Waals surface area contributed by atoms with E-state index in [-0.39, 0.29) is 31.3 Å². The fourth-order valence-electron chi connectivity index (χ4n) is 2.93. The van der Waals surface area contributed by atoms with E-state index >= 15 is 0 Å². The first-order valence-electron chi connectivity index (χ1n) is 8.46. The number of methoxy groups -OCH3 is 1. The van der Waals surface area contributed by atoms with Crippen molar-refractivity contribution in [2.24, 2.45) is 5.92 Å². The van der Waals surface area contributed by atoms with Gasteiger partial charge in [-0.3, -0.25) is 4.79 Å². The van der Waals surface area contributed by atoms with E-state index in [1.807, 2.05) is 38.1 Å². The molecular formula is C18H26N2O5. The standard InChI is InChI=1S/C18H26N2O5/c1-12(2)25-16(14-6-4-5-7-15(14)24-3)10-19-18(23)20-9-8-13(11-20)17(21)22/h4-7,12-13,16H,8-11H2,1-3H3,(H,19,23)(H,21,22). The summed E-state index contributed by atoms with van der Waals surface area (Å²) in [4.78, 5) is 24.9. The summed E-state index contributed by atoms with van der Waals surface area (Å²) < 4.78 is 11.3. The summed E-state index contributed by atoms with van der Waals surface area (Å²) in [6.07, 6.45) is 0.120. The van der Waals surface area contributed by atoms with Crippen LogP contribution in [0.5, 0.6) is 5.75 Å². The fourth-order valence-corrected chi connectivity index (χ4v) is 2.93. The number of nitrogens with zero attached hydrogens (tertiary/aromatic N) is 1. The summed E-state index contributed by atoms with van der Waals surface area (Å²) in [5.74, 6) is -0.637. The molecule has 1 aliphatic heterocycles. The lowest BCUT2D eigenvalue weighted by Crippen LogP contribution is -2.41. The van der Waals surface area contributed by atoms with Crippen molar-refractivity contribution >= 4 is 12.0 Å². The number of amides is 2. The molecule has 2 rings (SSSR count). The highest BCUT2D eigenvalue weighted by Gasteiger charge is 2.31. The molecule has 1 saturated heterocycles. The number of carboxylic acid groups (broad SMARTS) is 1. The van der Waals surface area contributed by atoms with Crippen LogP contribution in [0.3, 0.4) is 0 Å². The van der Waals surface area contributed by atoms with E-state index in [1.165, 1.54) is 4.90 Å². The third-order valence-corrected chi connectivity index (χ3v) is 4.19. The van der Waals surface area contributed by atoms with Gasteiger partial charge in [-0.05, 0) is 26.3 Å². The predicted molar refractivity (Wildman–Crippen MR) is 92.7 cm³/mol. The van der Waals surface area contributed by atoms with E-state index in [9.17, 15) is 9.59 Å². The molecule has 1 aliphatic rings. The summed E-state index contributed by atoms with van der Waals surface area (Å²) in [5, 5.41) is 11.9. The van der Waals surface area contributed by atoms with Gasteiger partial charge in [-0.1, -0.05) is 18.2 Å². The van der Waals surface area contributed by atoms with Crippen LogP contribution in [-0.2, 0) is 9.53 Å². The third kappa shape index (κ3) is 5.09. The molecule has 0 spiro atoms. The van der Waals surface area contributed by atoms with Crippen LogP contribution in [0.25, 0.3) is 0 Å². The zero-order valence-electron chi connectivity index (χ0n) is 14.9. The van der Waals surface area contributed by atoms with Crippen molar-refractivity contribution in [3.8, 4) is 5.75 Å². The van der Waals surface area contributed by atoms with Gasteiger partial charge in [0.05, 0.1) is 19.1 Å². The zero-order valence-corrected chi connectivity index (χ0v) is 14.9. The predicted octanol–water partition coefficient (Wildman–Crippen LogP) is 2.28. The van der Waals surface area contributed by atoms with Crippen LogP contribution in [0, 0.1) is 5.92 Å². The Balaban J connectivity index is 2.01. The quantitative estimate of drug-likeness (QED) is 0.788. The summed E-state index contributed by atoms with van der Waals surface area (Å²) in [6, 6.07) is 7.27. The second-order valence-electron chi connectivity index (χ2n) is 6.37. The van der Waals surface area contributed by atoms with E-state index in [0.29, 0.717) is 18.7 Å². The van der Waals surface area contributed by atoms with Crippen molar-refractivity contribution in [1.29, 1.82) is 0 Å². The molecule has 0 aliphatic carbocycles. The highest BCUT2D eigenvalue weighted by atomic mass is 16.5. The summed E-state index contributed by atoms with van der Waals surface area (Å²) in [7, 11) is 1.60. The lowest BCUT2D eigenvalue weighted by atomic mass is 10.1. The van der Waals surface area contributed by atoms with Crippen LogP contribution in [0.1, 0.15) is 31.9 Å². The number of carbonyl (C=O) groups is 2. The minimum atomic E-state index is -0.856.